The summed E-state index contributed by atoms with van der Waals surface area (Å²) < 4.78 is 0. The molecule has 0 radical (unpaired) electrons. The van der Waals surface area contributed by atoms with Gasteiger partial charge in [-0.15, -0.1) is 0 Å². The Bertz CT molecular complexity index is 318. The smallest absolute Gasteiger partial charge is 0.303 e. The van der Waals surface area contributed by atoms with Gasteiger partial charge >= 0.3 is 5.97 Å². The average Bonchev–Trinajstić information content (AvgIpc) is 2.34. The van der Waals surface area contributed by atoms with E-state index in [1.807, 2.05) is 13.8 Å². The number of aliphatic carboxylic acids is 1. The number of amides is 2. The number of nitrogens with one attached hydrogen (secondary N) is 2. The molecule has 0 aromatic heterocycles. The van der Waals surface area contributed by atoms with E-state index in [4.69, 9.17) is 5.11 Å². The summed E-state index contributed by atoms with van der Waals surface area (Å²) in [4.78, 5) is 33.5. The molecule has 2 atom stereocenters. The van der Waals surface area contributed by atoms with Gasteiger partial charge in [-0.05, 0) is 33.1 Å². The lowest BCUT2D eigenvalue weighted by molar-refractivity contribution is -0.137. The fraction of sp³-hybridized carbons (Fsp3) is 0.769. The van der Waals surface area contributed by atoms with Gasteiger partial charge < -0.3 is 15.7 Å². The van der Waals surface area contributed by atoms with Gasteiger partial charge in [0, 0.05) is 18.9 Å². The van der Waals surface area contributed by atoms with Crippen LogP contribution >= 0.6 is 0 Å². The molecule has 0 aliphatic heterocycles. The van der Waals surface area contributed by atoms with Crippen molar-refractivity contribution in [1.82, 2.24) is 10.6 Å². The number of carboxylic acids is 1. The highest BCUT2D eigenvalue weighted by Crippen LogP contribution is 2.00. The van der Waals surface area contributed by atoms with Crippen molar-refractivity contribution < 1.29 is 19.5 Å². The lowest BCUT2D eigenvalue weighted by Gasteiger charge is -2.17. The minimum absolute atomic E-state index is 0.0668. The Morgan fingerprint density at radius 1 is 1.05 bits per heavy atom. The highest BCUT2D eigenvalue weighted by molar-refractivity contribution is 5.87. The minimum Gasteiger partial charge on any atom is -0.481 e. The van der Waals surface area contributed by atoms with Crippen LogP contribution in [0.25, 0.3) is 0 Å². The molecule has 0 aliphatic carbocycles. The Balaban J connectivity index is 3.85. The molecular weight excluding hydrogens is 248 g/mol. The van der Waals surface area contributed by atoms with Gasteiger partial charge in [0.2, 0.25) is 11.8 Å². The first-order chi connectivity index (χ1) is 8.86. The first-order valence-electron chi connectivity index (χ1n) is 6.68. The van der Waals surface area contributed by atoms with Gasteiger partial charge in [-0.3, -0.25) is 14.4 Å². The van der Waals surface area contributed by atoms with Crippen molar-refractivity contribution in [3.05, 3.63) is 0 Å². The second-order valence-corrected chi connectivity index (χ2v) is 4.71. The van der Waals surface area contributed by atoms with E-state index in [-0.39, 0.29) is 30.7 Å². The first-order valence-corrected chi connectivity index (χ1v) is 6.68. The normalized spacial score (nSPS) is 13.4. The van der Waals surface area contributed by atoms with Crippen molar-refractivity contribution in [1.29, 1.82) is 0 Å². The van der Waals surface area contributed by atoms with Crippen molar-refractivity contribution in [3.63, 3.8) is 0 Å². The second kappa shape index (κ2) is 9.35. The predicted octanol–water partition coefficient (Wildman–Crippen LogP) is 1.05. The Hall–Kier alpha value is -1.59. The summed E-state index contributed by atoms with van der Waals surface area (Å²) in [5, 5.41) is 13.8. The van der Waals surface area contributed by atoms with E-state index in [0.29, 0.717) is 12.8 Å². The highest BCUT2D eigenvalue weighted by atomic mass is 16.4. The quantitative estimate of drug-likeness (QED) is 0.547. The molecule has 19 heavy (non-hydrogen) atoms. The third kappa shape index (κ3) is 9.04. The number of rotatable bonds is 9. The molecule has 0 aliphatic rings. The zero-order valence-corrected chi connectivity index (χ0v) is 11.9. The van der Waals surface area contributed by atoms with Gasteiger partial charge in [0.1, 0.15) is 6.04 Å². The standard InChI is InChI=1S/C13H24N2O4/c1-4-9(2)14-13(19)10(3)15-11(16)7-5-6-8-12(17)18/h9-10H,4-8H2,1-3H3,(H,14,19)(H,15,16)(H,17,18). The van der Waals surface area contributed by atoms with E-state index in [9.17, 15) is 14.4 Å². The van der Waals surface area contributed by atoms with E-state index in [0.717, 1.165) is 6.42 Å². The van der Waals surface area contributed by atoms with Crippen LogP contribution in [0, 0.1) is 0 Å². The molecule has 0 aromatic carbocycles. The number of carbonyl (C=O) groups is 3. The maximum absolute atomic E-state index is 11.7. The van der Waals surface area contributed by atoms with E-state index < -0.39 is 12.0 Å². The van der Waals surface area contributed by atoms with Crippen LogP contribution in [0.2, 0.25) is 0 Å². The zero-order valence-electron chi connectivity index (χ0n) is 11.9. The molecule has 6 nitrogen and oxygen atoms in total. The molecule has 0 heterocycles. The molecule has 0 rings (SSSR count). The van der Waals surface area contributed by atoms with Crippen LogP contribution in [0.3, 0.4) is 0 Å². The lowest BCUT2D eigenvalue weighted by Crippen LogP contribution is -2.47. The fourth-order valence-electron chi connectivity index (χ4n) is 1.41. The Labute approximate surface area is 113 Å². The average molecular weight is 272 g/mol. The van der Waals surface area contributed by atoms with Crippen LogP contribution in [0.5, 0.6) is 0 Å². The minimum atomic E-state index is -0.860. The van der Waals surface area contributed by atoms with Crippen LogP contribution in [0.15, 0.2) is 0 Å². The molecule has 0 spiro atoms. The van der Waals surface area contributed by atoms with Crippen molar-refractivity contribution in [2.75, 3.05) is 0 Å². The molecule has 0 bridgehead atoms. The molecule has 6 heteroatoms. The topological polar surface area (TPSA) is 95.5 Å². The SMILES string of the molecule is CCC(C)NC(=O)C(C)NC(=O)CCCCC(=O)O. The molecule has 0 saturated heterocycles. The Kier molecular flexibility index (Phi) is 8.57. The van der Waals surface area contributed by atoms with E-state index in [1.54, 1.807) is 6.92 Å². The van der Waals surface area contributed by atoms with Crippen LogP contribution in [0.4, 0.5) is 0 Å². The third-order valence-corrected chi connectivity index (χ3v) is 2.82. The van der Waals surface area contributed by atoms with Crippen LogP contribution < -0.4 is 10.6 Å². The summed E-state index contributed by atoms with van der Waals surface area (Å²) in [6.45, 7) is 5.50. The third-order valence-electron chi connectivity index (χ3n) is 2.82. The number of carboxylic acid groups (broad SMARTS) is 1. The van der Waals surface area contributed by atoms with E-state index in [2.05, 4.69) is 10.6 Å². The Morgan fingerprint density at radius 2 is 1.63 bits per heavy atom. The van der Waals surface area contributed by atoms with Crippen molar-refractivity contribution in [2.45, 2.75) is 65.0 Å². The van der Waals surface area contributed by atoms with Gasteiger partial charge in [0.05, 0.1) is 0 Å². The molecule has 110 valence electrons. The van der Waals surface area contributed by atoms with Gasteiger partial charge in [-0.2, -0.15) is 0 Å². The predicted molar refractivity (Wildman–Crippen MR) is 71.6 cm³/mol. The highest BCUT2D eigenvalue weighted by Gasteiger charge is 2.16. The summed E-state index contributed by atoms with van der Waals surface area (Å²) in [7, 11) is 0. The molecule has 2 unspecified atom stereocenters. The summed E-state index contributed by atoms with van der Waals surface area (Å²) in [5.41, 5.74) is 0. The Morgan fingerprint density at radius 3 is 2.16 bits per heavy atom. The van der Waals surface area contributed by atoms with Crippen LogP contribution in [0.1, 0.15) is 52.9 Å². The number of unbranched alkanes of at least 4 members (excludes halogenated alkanes) is 1. The summed E-state index contributed by atoms with van der Waals surface area (Å²) in [5.74, 6) is -1.29. The largest absolute Gasteiger partial charge is 0.481 e. The van der Waals surface area contributed by atoms with Gasteiger partial charge in [0.15, 0.2) is 0 Å². The number of hydrogen-bond acceptors (Lipinski definition) is 3. The van der Waals surface area contributed by atoms with E-state index in [1.165, 1.54) is 0 Å². The van der Waals surface area contributed by atoms with Crippen molar-refractivity contribution in [2.24, 2.45) is 0 Å². The lowest BCUT2D eigenvalue weighted by atomic mass is 10.1. The first kappa shape index (κ1) is 17.4. The maximum Gasteiger partial charge on any atom is 0.303 e. The zero-order chi connectivity index (χ0) is 14.8. The maximum atomic E-state index is 11.7. The van der Waals surface area contributed by atoms with Gasteiger partial charge in [-0.25, -0.2) is 0 Å². The fourth-order valence-corrected chi connectivity index (χ4v) is 1.41. The summed E-state index contributed by atoms with van der Waals surface area (Å²) >= 11 is 0. The van der Waals surface area contributed by atoms with Crippen LogP contribution in [-0.4, -0.2) is 35.0 Å². The van der Waals surface area contributed by atoms with Crippen molar-refractivity contribution in [3.8, 4) is 0 Å². The summed E-state index contributed by atoms with van der Waals surface area (Å²) in [6, 6.07) is -0.483. The molecule has 0 fully saturated rings. The monoisotopic (exact) mass is 272 g/mol. The second-order valence-electron chi connectivity index (χ2n) is 4.71. The van der Waals surface area contributed by atoms with Gasteiger partial charge in [-0.1, -0.05) is 6.92 Å². The molecule has 2 amide bonds. The van der Waals surface area contributed by atoms with Gasteiger partial charge in [0.25, 0.3) is 0 Å². The number of hydrogen-bond donors (Lipinski definition) is 3. The molecule has 0 saturated carbocycles. The molecule has 3 N–H and O–H groups in total. The van der Waals surface area contributed by atoms with E-state index >= 15 is 0 Å². The van der Waals surface area contributed by atoms with Crippen molar-refractivity contribution >= 4 is 17.8 Å². The molecular formula is C13H24N2O4. The number of carbonyl (C=O) groups excluding carboxylic acids is 2. The van der Waals surface area contributed by atoms with Crippen LogP contribution in [-0.2, 0) is 14.4 Å². The summed E-state index contributed by atoms with van der Waals surface area (Å²) in [6.07, 6.45) is 2.13. The molecule has 0 aromatic rings.